The third kappa shape index (κ3) is 4.57. The Morgan fingerprint density at radius 2 is 1.87 bits per heavy atom. The van der Waals surface area contributed by atoms with E-state index < -0.39 is 6.04 Å². The predicted octanol–water partition coefficient (Wildman–Crippen LogP) is 2.65. The second-order valence-electron chi connectivity index (χ2n) is 5.39. The van der Waals surface area contributed by atoms with E-state index in [2.05, 4.69) is 12.2 Å². The van der Waals surface area contributed by atoms with Crippen LogP contribution in [0.5, 0.6) is 5.75 Å². The number of aliphatic hydroxyl groups is 1. The molecule has 2 aromatic rings. The van der Waals surface area contributed by atoms with Crippen molar-refractivity contribution in [2.45, 2.75) is 25.8 Å². The minimum absolute atomic E-state index is 0.136. The smallest absolute Gasteiger partial charge is 0.225 e. The summed E-state index contributed by atoms with van der Waals surface area (Å²) < 4.78 is 5.26. The highest BCUT2D eigenvalue weighted by Crippen LogP contribution is 2.19. The second-order valence-corrected chi connectivity index (χ2v) is 5.39. The van der Waals surface area contributed by atoms with E-state index >= 15 is 0 Å². The number of hydrogen-bond donors (Lipinski definition) is 2. The Morgan fingerprint density at radius 1 is 1.17 bits per heavy atom. The largest absolute Gasteiger partial charge is 0.496 e. The van der Waals surface area contributed by atoms with Crippen LogP contribution in [-0.4, -0.2) is 24.7 Å². The molecule has 0 spiro atoms. The van der Waals surface area contributed by atoms with E-state index in [4.69, 9.17) is 4.74 Å². The van der Waals surface area contributed by atoms with Gasteiger partial charge in [0.05, 0.1) is 26.2 Å². The number of para-hydroxylation sites is 1. The Bertz CT molecular complexity index is 637. The van der Waals surface area contributed by atoms with Crippen LogP contribution in [0.25, 0.3) is 0 Å². The lowest BCUT2D eigenvalue weighted by molar-refractivity contribution is -0.121. The van der Waals surface area contributed by atoms with Crippen molar-refractivity contribution in [1.82, 2.24) is 5.32 Å². The van der Waals surface area contributed by atoms with Crippen LogP contribution in [0.3, 0.4) is 0 Å². The highest BCUT2D eigenvalue weighted by molar-refractivity contribution is 5.79. The second kappa shape index (κ2) is 8.34. The van der Waals surface area contributed by atoms with E-state index in [0.717, 1.165) is 17.5 Å². The van der Waals surface area contributed by atoms with Gasteiger partial charge in [0.2, 0.25) is 5.91 Å². The third-order valence-corrected chi connectivity index (χ3v) is 3.85. The molecule has 4 heteroatoms. The molecule has 0 fully saturated rings. The Morgan fingerprint density at radius 3 is 2.48 bits per heavy atom. The van der Waals surface area contributed by atoms with Crippen molar-refractivity contribution in [2.75, 3.05) is 13.7 Å². The average Bonchev–Trinajstić information content (AvgIpc) is 2.60. The summed E-state index contributed by atoms with van der Waals surface area (Å²) in [6.45, 7) is 1.96. The molecule has 1 atom stereocenters. The van der Waals surface area contributed by atoms with E-state index in [1.165, 1.54) is 5.56 Å². The molecule has 4 nitrogen and oxygen atoms in total. The molecular formula is C19H23NO3. The highest BCUT2D eigenvalue weighted by Gasteiger charge is 2.15. The lowest BCUT2D eigenvalue weighted by Gasteiger charge is -2.17. The Hall–Kier alpha value is -2.33. The summed E-state index contributed by atoms with van der Waals surface area (Å²) >= 11 is 0. The number of benzene rings is 2. The first-order chi connectivity index (χ1) is 11.2. The van der Waals surface area contributed by atoms with Crippen LogP contribution in [0, 0.1) is 0 Å². The Labute approximate surface area is 137 Å². The van der Waals surface area contributed by atoms with Crippen molar-refractivity contribution in [3.05, 3.63) is 65.2 Å². The molecule has 0 aliphatic carbocycles. The lowest BCUT2D eigenvalue weighted by Crippen LogP contribution is -2.32. The molecule has 1 amide bonds. The van der Waals surface area contributed by atoms with Gasteiger partial charge in [-0.2, -0.15) is 0 Å². The number of carbonyl (C=O) groups excluding carboxylic acids is 1. The van der Waals surface area contributed by atoms with Crippen molar-refractivity contribution in [3.63, 3.8) is 0 Å². The van der Waals surface area contributed by atoms with Gasteiger partial charge in [-0.05, 0) is 23.6 Å². The molecule has 23 heavy (non-hydrogen) atoms. The van der Waals surface area contributed by atoms with Gasteiger partial charge >= 0.3 is 0 Å². The minimum atomic E-state index is -0.400. The number of methoxy groups -OCH3 is 1. The van der Waals surface area contributed by atoms with E-state index in [1.807, 2.05) is 48.5 Å². The summed E-state index contributed by atoms with van der Waals surface area (Å²) in [6.07, 6.45) is 1.18. The van der Waals surface area contributed by atoms with Gasteiger partial charge in [-0.25, -0.2) is 0 Å². The molecule has 0 saturated heterocycles. The summed E-state index contributed by atoms with van der Waals surface area (Å²) in [7, 11) is 1.59. The zero-order valence-electron chi connectivity index (χ0n) is 13.6. The molecule has 2 aromatic carbocycles. The number of aliphatic hydroxyl groups excluding tert-OH is 1. The fourth-order valence-electron chi connectivity index (χ4n) is 2.49. The molecule has 0 aliphatic rings. The van der Waals surface area contributed by atoms with Gasteiger partial charge in [-0.3, -0.25) is 4.79 Å². The zero-order chi connectivity index (χ0) is 16.7. The quantitative estimate of drug-likeness (QED) is 0.826. The standard InChI is InChI=1S/C19H23NO3/c1-3-14-8-10-15(11-9-14)17(13-21)20-19(22)12-16-6-4-5-7-18(16)23-2/h4-11,17,21H,3,12-13H2,1-2H3,(H,20,22). The SMILES string of the molecule is CCc1ccc(C(CO)NC(=O)Cc2ccccc2OC)cc1. The average molecular weight is 313 g/mol. The highest BCUT2D eigenvalue weighted by atomic mass is 16.5. The topological polar surface area (TPSA) is 58.6 Å². The molecule has 0 heterocycles. The molecule has 0 aromatic heterocycles. The molecule has 0 bridgehead atoms. The van der Waals surface area contributed by atoms with E-state index in [0.29, 0.717) is 5.75 Å². The molecular weight excluding hydrogens is 290 g/mol. The normalized spacial score (nSPS) is 11.8. The maximum Gasteiger partial charge on any atom is 0.225 e. The van der Waals surface area contributed by atoms with Gasteiger partial charge in [-0.1, -0.05) is 49.4 Å². The zero-order valence-corrected chi connectivity index (χ0v) is 13.6. The molecule has 0 aliphatic heterocycles. The predicted molar refractivity (Wildman–Crippen MR) is 90.5 cm³/mol. The van der Waals surface area contributed by atoms with Crippen LogP contribution in [0.4, 0.5) is 0 Å². The summed E-state index contributed by atoms with van der Waals surface area (Å²) in [5, 5.41) is 12.5. The number of amides is 1. The van der Waals surface area contributed by atoms with Crippen molar-refractivity contribution < 1.29 is 14.6 Å². The Balaban J connectivity index is 2.04. The molecule has 2 rings (SSSR count). The maximum absolute atomic E-state index is 12.3. The maximum atomic E-state index is 12.3. The van der Waals surface area contributed by atoms with Gasteiger partial charge in [0.25, 0.3) is 0 Å². The van der Waals surface area contributed by atoms with Gasteiger partial charge in [0.1, 0.15) is 5.75 Å². The van der Waals surface area contributed by atoms with E-state index in [1.54, 1.807) is 7.11 Å². The van der Waals surface area contributed by atoms with Crippen molar-refractivity contribution in [2.24, 2.45) is 0 Å². The minimum Gasteiger partial charge on any atom is -0.496 e. The number of ether oxygens (including phenoxy) is 1. The summed E-state index contributed by atoms with van der Waals surface area (Å²) in [5.41, 5.74) is 2.95. The van der Waals surface area contributed by atoms with Crippen molar-refractivity contribution in [1.29, 1.82) is 0 Å². The van der Waals surface area contributed by atoms with Crippen LogP contribution in [0.15, 0.2) is 48.5 Å². The van der Waals surface area contributed by atoms with Crippen LogP contribution >= 0.6 is 0 Å². The first-order valence-electron chi connectivity index (χ1n) is 7.78. The van der Waals surface area contributed by atoms with Gasteiger partial charge in [-0.15, -0.1) is 0 Å². The van der Waals surface area contributed by atoms with Gasteiger partial charge in [0.15, 0.2) is 0 Å². The summed E-state index contributed by atoms with van der Waals surface area (Å²) in [5.74, 6) is 0.545. The summed E-state index contributed by atoms with van der Waals surface area (Å²) in [6, 6.07) is 15.0. The molecule has 122 valence electrons. The van der Waals surface area contributed by atoms with Crippen LogP contribution in [-0.2, 0) is 17.6 Å². The first kappa shape index (κ1) is 17.0. The first-order valence-corrected chi connectivity index (χ1v) is 7.78. The summed E-state index contributed by atoms with van der Waals surface area (Å²) in [4.78, 5) is 12.3. The van der Waals surface area contributed by atoms with Crippen LogP contribution in [0.2, 0.25) is 0 Å². The van der Waals surface area contributed by atoms with Crippen molar-refractivity contribution >= 4 is 5.91 Å². The Kier molecular flexibility index (Phi) is 6.18. The van der Waals surface area contributed by atoms with Crippen molar-refractivity contribution in [3.8, 4) is 5.75 Å². The third-order valence-electron chi connectivity index (χ3n) is 3.85. The van der Waals surface area contributed by atoms with E-state index in [-0.39, 0.29) is 18.9 Å². The lowest BCUT2D eigenvalue weighted by atomic mass is 10.0. The van der Waals surface area contributed by atoms with Gasteiger partial charge < -0.3 is 15.2 Å². The number of carbonyl (C=O) groups is 1. The number of rotatable bonds is 7. The van der Waals surface area contributed by atoms with Gasteiger partial charge in [0, 0.05) is 5.56 Å². The monoisotopic (exact) mass is 313 g/mol. The molecule has 1 unspecified atom stereocenters. The molecule has 0 saturated carbocycles. The van der Waals surface area contributed by atoms with Crippen LogP contribution < -0.4 is 10.1 Å². The molecule has 0 radical (unpaired) electrons. The fraction of sp³-hybridized carbons (Fsp3) is 0.316. The van der Waals surface area contributed by atoms with E-state index in [9.17, 15) is 9.90 Å². The van der Waals surface area contributed by atoms with Crippen LogP contribution in [0.1, 0.15) is 29.7 Å². The number of nitrogens with one attached hydrogen (secondary N) is 1. The fourth-order valence-corrected chi connectivity index (χ4v) is 2.49. The number of hydrogen-bond acceptors (Lipinski definition) is 3. The molecule has 2 N–H and O–H groups in total. The number of aryl methyl sites for hydroxylation is 1.